The minimum absolute atomic E-state index is 0.113. The van der Waals surface area contributed by atoms with Crippen molar-refractivity contribution >= 4 is 21.8 Å². The van der Waals surface area contributed by atoms with E-state index < -0.39 is 6.67 Å². The molecule has 0 aliphatic carbocycles. The lowest BCUT2D eigenvalue weighted by atomic mass is 10.1. The third kappa shape index (κ3) is 3.96. The highest BCUT2D eigenvalue weighted by Crippen LogP contribution is 2.30. The van der Waals surface area contributed by atoms with Crippen molar-refractivity contribution in [3.05, 3.63) is 36.4 Å². The average Bonchev–Trinajstić information content (AvgIpc) is 2.93. The second-order valence-corrected chi connectivity index (χ2v) is 5.32. The van der Waals surface area contributed by atoms with Crippen LogP contribution in [-0.4, -0.2) is 49.8 Å². The molecule has 0 fully saturated rings. The van der Waals surface area contributed by atoms with Crippen LogP contribution in [0.4, 0.5) is 4.39 Å². The van der Waals surface area contributed by atoms with Crippen LogP contribution in [0.2, 0.25) is 0 Å². The van der Waals surface area contributed by atoms with Gasteiger partial charge in [0.25, 0.3) is 0 Å². The van der Waals surface area contributed by atoms with Gasteiger partial charge in [0.1, 0.15) is 24.8 Å². The number of rotatable bonds is 9. The average molecular weight is 333 g/mol. The number of aromatic hydroxyl groups is 1. The molecule has 0 atom stereocenters. The van der Waals surface area contributed by atoms with E-state index in [2.05, 4.69) is 4.98 Å². The maximum absolute atomic E-state index is 11.8. The highest BCUT2D eigenvalue weighted by atomic mass is 19.1. The Labute approximate surface area is 138 Å². The number of H-pyrrole nitrogens is 1. The molecule has 128 valence electrons. The fourth-order valence-corrected chi connectivity index (χ4v) is 2.56. The van der Waals surface area contributed by atoms with E-state index in [1.54, 1.807) is 12.1 Å². The summed E-state index contributed by atoms with van der Waals surface area (Å²) in [6.07, 6.45) is 0. The van der Waals surface area contributed by atoms with E-state index in [9.17, 15) is 9.50 Å². The number of hydrogen-bond acceptors (Lipinski definition) is 4. The van der Waals surface area contributed by atoms with Crippen molar-refractivity contribution < 1.29 is 23.7 Å². The molecule has 0 radical (unpaired) electrons. The summed E-state index contributed by atoms with van der Waals surface area (Å²) in [5.41, 5.74) is 1.84. The van der Waals surface area contributed by atoms with Crippen LogP contribution in [0.3, 0.4) is 0 Å². The van der Waals surface area contributed by atoms with Crippen LogP contribution in [0, 0.1) is 0 Å². The number of hydrogen-bond donors (Lipinski definition) is 2. The highest BCUT2D eigenvalue weighted by Gasteiger charge is 2.06. The summed E-state index contributed by atoms with van der Waals surface area (Å²) in [4.78, 5) is 3.27. The van der Waals surface area contributed by atoms with E-state index in [-0.39, 0.29) is 12.4 Å². The van der Waals surface area contributed by atoms with E-state index in [0.717, 1.165) is 27.6 Å². The Morgan fingerprint density at radius 2 is 1.50 bits per heavy atom. The maximum atomic E-state index is 11.8. The number of phenols is 1. The first-order valence-electron chi connectivity index (χ1n) is 7.86. The zero-order valence-corrected chi connectivity index (χ0v) is 13.3. The summed E-state index contributed by atoms with van der Waals surface area (Å²) >= 11 is 0. The Morgan fingerprint density at radius 3 is 2.29 bits per heavy atom. The molecular weight excluding hydrogens is 313 g/mol. The van der Waals surface area contributed by atoms with Crippen LogP contribution < -0.4 is 4.74 Å². The SMILES string of the molecule is Oc1ccc2c(c1)[nH]c1cc(OCCOCCOCCF)ccc12. The van der Waals surface area contributed by atoms with Crippen molar-refractivity contribution in [2.24, 2.45) is 0 Å². The van der Waals surface area contributed by atoms with Crippen molar-refractivity contribution in [3.8, 4) is 11.5 Å². The van der Waals surface area contributed by atoms with Crippen molar-refractivity contribution in [2.45, 2.75) is 0 Å². The molecule has 0 spiro atoms. The van der Waals surface area contributed by atoms with Gasteiger partial charge in [0.2, 0.25) is 0 Å². The molecule has 1 heterocycles. The monoisotopic (exact) mass is 333 g/mol. The largest absolute Gasteiger partial charge is 0.508 e. The van der Waals surface area contributed by atoms with E-state index in [1.165, 1.54) is 0 Å². The first kappa shape index (κ1) is 16.5. The lowest BCUT2D eigenvalue weighted by Crippen LogP contribution is -2.11. The number of ether oxygens (including phenoxy) is 3. The molecule has 3 aromatic rings. The number of aromatic amines is 1. The second kappa shape index (κ2) is 7.99. The predicted octanol–water partition coefficient (Wildman–Crippen LogP) is 3.41. The van der Waals surface area contributed by atoms with Gasteiger partial charge in [0, 0.05) is 22.9 Å². The molecule has 0 saturated heterocycles. The molecule has 1 aromatic heterocycles. The van der Waals surface area contributed by atoms with Crippen LogP contribution in [0.15, 0.2) is 36.4 Å². The lowest BCUT2D eigenvalue weighted by Gasteiger charge is -2.07. The summed E-state index contributed by atoms with van der Waals surface area (Å²) in [5.74, 6) is 0.980. The second-order valence-electron chi connectivity index (χ2n) is 5.32. The van der Waals surface area contributed by atoms with Gasteiger partial charge in [0.15, 0.2) is 0 Å². The highest BCUT2D eigenvalue weighted by molar-refractivity contribution is 6.07. The minimum atomic E-state index is -0.473. The number of alkyl halides is 1. The molecule has 0 saturated carbocycles. The van der Waals surface area contributed by atoms with Gasteiger partial charge >= 0.3 is 0 Å². The summed E-state index contributed by atoms with van der Waals surface area (Å²) in [6.45, 7) is 1.32. The van der Waals surface area contributed by atoms with Gasteiger partial charge < -0.3 is 24.3 Å². The van der Waals surface area contributed by atoms with Crippen LogP contribution >= 0.6 is 0 Å². The van der Waals surface area contributed by atoms with Crippen LogP contribution in [0.1, 0.15) is 0 Å². The Balaban J connectivity index is 1.53. The molecule has 0 aliphatic rings. The van der Waals surface area contributed by atoms with Gasteiger partial charge in [-0.05, 0) is 24.3 Å². The smallest absolute Gasteiger partial charge is 0.121 e. The molecule has 3 rings (SSSR count). The van der Waals surface area contributed by atoms with Gasteiger partial charge in [-0.1, -0.05) is 0 Å². The van der Waals surface area contributed by atoms with Crippen LogP contribution in [-0.2, 0) is 9.47 Å². The van der Waals surface area contributed by atoms with Crippen LogP contribution in [0.25, 0.3) is 21.8 Å². The topological polar surface area (TPSA) is 63.7 Å². The number of fused-ring (bicyclic) bond motifs is 3. The van der Waals surface area contributed by atoms with Gasteiger partial charge in [-0.3, -0.25) is 0 Å². The third-order valence-electron chi connectivity index (χ3n) is 3.64. The fourth-order valence-electron chi connectivity index (χ4n) is 2.56. The summed E-state index contributed by atoms with van der Waals surface area (Å²) in [6, 6.07) is 11.1. The zero-order chi connectivity index (χ0) is 16.8. The number of nitrogens with one attached hydrogen (secondary N) is 1. The molecule has 2 N–H and O–H groups in total. The van der Waals surface area contributed by atoms with Gasteiger partial charge in [-0.15, -0.1) is 0 Å². The summed E-state index contributed by atoms with van der Waals surface area (Å²) in [5, 5.41) is 11.7. The Morgan fingerprint density at radius 1 is 0.833 bits per heavy atom. The molecule has 6 heteroatoms. The van der Waals surface area contributed by atoms with Gasteiger partial charge in [-0.2, -0.15) is 0 Å². The maximum Gasteiger partial charge on any atom is 0.121 e. The Kier molecular flexibility index (Phi) is 5.51. The predicted molar refractivity (Wildman–Crippen MR) is 90.6 cm³/mol. The number of benzene rings is 2. The van der Waals surface area contributed by atoms with E-state index in [1.807, 2.05) is 24.3 Å². The van der Waals surface area contributed by atoms with Crippen molar-refractivity contribution in [3.63, 3.8) is 0 Å². The first-order valence-corrected chi connectivity index (χ1v) is 7.86. The van der Waals surface area contributed by atoms with Crippen molar-refractivity contribution in [1.29, 1.82) is 0 Å². The van der Waals surface area contributed by atoms with Crippen molar-refractivity contribution in [2.75, 3.05) is 39.7 Å². The normalized spacial score (nSPS) is 11.4. The molecule has 5 nitrogen and oxygen atoms in total. The van der Waals surface area contributed by atoms with E-state index in [0.29, 0.717) is 26.4 Å². The fraction of sp³-hybridized carbons (Fsp3) is 0.333. The van der Waals surface area contributed by atoms with E-state index in [4.69, 9.17) is 14.2 Å². The quantitative estimate of drug-likeness (QED) is 0.589. The minimum Gasteiger partial charge on any atom is -0.508 e. The lowest BCUT2D eigenvalue weighted by molar-refractivity contribution is 0.0325. The molecule has 0 unspecified atom stereocenters. The molecule has 0 aliphatic heterocycles. The number of halogens is 1. The van der Waals surface area contributed by atoms with E-state index >= 15 is 0 Å². The third-order valence-corrected chi connectivity index (χ3v) is 3.64. The Hall–Kier alpha value is -2.31. The van der Waals surface area contributed by atoms with Crippen LogP contribution in [0.5, 0.6) is 11.5 Å². The first-order chi connectivity index (χ1) is 11.8. The molecule has 2 aromatic carbocycles. The standard InChI is InChI=1S/C18H20FNO4/c19-5-6-22-7-8-23-9-10-24-14-2-4-16-15-3-1-13(21)11-17(15)20-18(16)12-14/h1-4,11-12,20-21H,5-10H2. The number of aromatic nitrogens is 1. The van der Waals surface area contributed by atoms with Gasteiger partial charge in [0.05, 0.1) is 37.5 Å². The summed E-state index contributed by atoms with van der Waals surface area (Å²) < 4.78 is 27.8. The molecule has 0 amide bonds. The zero-order valence-electron chi connectivity index (χ0n) is 13.3. The van der Waals surface area contributed by atoms with Crippen molar-refractivity contribution in [1.82, 2.24) is 4.98 Å². The molecule has 24 heavy (non-hydrogen) atoms. The number of phenolic OH excluding ortho intramolecular Hbond substituents is 1. The Bertz CT molecular complexity index is 802. The van der Waals surface area contributed by atoms with Gasteiger partial charge in [-0.25, -0.2) is 4.39 Å². The molecular formula is C18H20FNO4. The summed E-state index contributed by atoms with van der Waals surface area (Å²) in [7, 11) is 0. The molecule has 0 bridgehead atoms.